The van der Waals surface area contributed by atoms with Crippen LogP contribution >= 0.6 is 0 Å². The maximum Gasteiger partial charge on any atom is 0.338 e. The summed E-state index contributed by atoms with van der Waals surface area (Å²) in [6.07, 6.45) is 3.27. The van der Waals surface area contributed by atoms with Crippen LogP contribution in [0.15, 0.2) is 24.3 Å². The fourth-order valence-electron chi connectivity index (χ4n) is 1.92. The molecule has 0 aliphatic carbocycles. The molecule has 0 N–H and O–H groups in total. The third-order valence-electron chi connectivity index (χ3n) is 3.00. The predicted molar refractivity (Wildman–Crippen MR) is 66.9 cm³/mol. The van der Waals surface area contributed by atoms with Gasteiger partial charge in [0.2, 0.25) is 0 Å². The van der Waals surface area contributed by atoms with Gasteiger partial charge in [0.1, 0.15) is 12.4 Å². The van der Waals surface area contributed by atoms with Crippen LogP contribution < -0.4 is 4.74 Å². The molecule has 0 aromatic heterocycles. The van der Waals surface area contributed by atoms with E-state index in [0.717, 1.165) is 31.6 Å². The Hall–Kier alpha value is -1.55. The molecule has 98 valence electrons. The molecule has 1 atom stereocenters. The van der Waals surface area contributed by atoms with Crippen molar-refractivity contribution in [2.24, 2.45) is 0 Å². The number of rotatable bonds is 4. The van der Waals surface area contributed by atoms with Crippen LogP contribution in [-0.2, 0) is 9.47 Å². The number of carbonyl (C=O) groups is 1. The fourth-order valence-corrected chi connectivity index (χ4v) is 1.92. The fraction of sp³-hybridized carbons (Fsp3) is 0.500. The van der Waals surface area contributed by atoms with E-state index in [1.807, 2.05) is 0 Å². The average Bonchev–Trinajstić information content (AvgIpc) is 2.46. The van der Waals surface area contributed by atoms with Gasteiger partial charge < -0.3 is 14.2 Å². The summed E-state index contributed by atoms with van der Waals surface area (Å²) in [5, 5.41) is 0. The lowest BCUT2D eigenvalue weighted by Crippen LogP contribution is -2.25. The molecule has 0 saturated carbocycles. The van der Waals surface area contributed by atoms with E-state index in [1.54, 1.807) is 31.4 Å². The SMILES string of the molecule is COc1ccc(C(=O)OCC2CCCCO2)cc1. The maximum atomic E-state index is 11.8. The summed E-state index contributed by atoms with van der Waals surface area (Å²) in [4.78, 5) is 11.8. The van der Waals surface area contributed by atoms with Crippen molar-refractivity contribution < 1.29 is 19.0 Å². The van der Waals surface area contributed by atoms with E-state index >= 15 is 0 Å². The lowest BCUT2D eigenvalue weighted by atomic mass is 10.1. The number of hydrogen-bond donors (Lipinski definition) is 0. The second-order valence-electron chi connectivity index (χ2n) is 4.32. The third kappa shape index (κ3) is 3.47. The summed E-state index contributed by atoms with van der Waals surface area (Å²) in [7, 11) is 1.59. The summed E-state index contributed by atoms with van der Waals surface area (Å²) < 4.78 is 15.8. The number of carbonyl (C=O) groups excluding carboxylic acids is 1. The molecule has 1 aliphatic heterocycles. The Balaban J connectivity index is 1.82. The van der Waals surface area contributed by atoms with Crippen molar-refractivity contribution in [3.8, 4) is 5.75 Å². The van der Waals surface area contributed by atoms with Gasteiger partial charge in [0.05, 0.1) is 18.8 Å². The second kappa shape index (κ2) is 6.40. The molecule has 0 amide bonds. The van der Waals surface area contributed by atoms with Gasteiger partial charge in [0, 0.05) is 6.61 Å². The van der Waals surface area contributed by atoms with Crippen LogP contribution in [-0.4, -0.2) is 32.4 Å². The lowest BCUT2D eigenvalue weighted by molar-refractivity contribution is -0.0300. The van der Waals surface area contributed by atoms with Gasteiger partial charge in [-0.25, -0.2) is 4.79 Å². The van der Waals surface area contributed by atoms with Crippen LogP contribution in [0.4, 0.5) is 0 Å². The first kappa shape index (κ1) is 12.9. The first-order valence-electron chi connectivity index (χ1n) is 6.22. The maximum absolute atomic E-state index is 11.8. The first-order chi connectivity index (χ1) is 8.79. The van der Waals surface area contributed by atoms with E-state index in [9.17, 15) is 4.79 Å². The van der Waals surface area contributed by atoms with E-state index in [1.165, 1.54) is 0 Å². The smallest absolute Gasteiger partial charge is 0.338 e. The van der Waals surface area contributed by atoms with Crippen LogP contribution in [0.1, 0.15) is 29.6 Å². The molecule has 1 aromatic rings. The highest BCUT2D eigenvalue weighted by Gasteiger charge is 2.16. The van der Waals surface area contributed by atoms with Gasteiger partial charge in [0.25, 0.3) is 0 Å². The zero-order valence-corrected chi connectivity index (χ0v) is 10.6. The van der Waals surface area contributed by atoms with E-state index in [4.69, 9.17) is 14.2 Å². The Morgan fingerprint density at radius 3 is 2.72 bits per heavy atom. The minimum absolute atomic E-state index is 0.0564. The molecular formula is C14H18O4. The summed E-state index contributed by atoms with van der Waals surface area (Å²) in [6.45, 7) is 1.11. The van der Waals surface area contributed by atoms with Gasteiger partial charge in [-0.05, 0) is 43.5 Å². The molecule has 18 heavy (non-hydrogen) atoms. The number of methoxy groups -OCH3 is 1. The quantitative estimate of drug-likeness (QED) is 0.770. The van der Waals surface area contributed by atoms with Gasteiger partial charge in [-0.3, -0.25) is 0 Å². The predicted octanol–water partition coefficient (Wildman–Crippen LogP) is 2.42. The van der Waals surface area contributed by atoms with Crippen LogP contribution in [0.5, 0.6) is 5.75 Å². The molecule has 1 aliphatic rings. The Labute approximate surface area is 107 Å². The van der Waals surface area contributed by atoms with Crippen molar-refractivity contribution in [3.05, 3.63) is 29.8 Å². The molecule has 1 saturated heterocycles. The molecule has 1 fully saturated rings. The van der Waals surface area contributed by atoms with Crippen molar-refractivity contribution >= 4 is 5.97 Å². The van der Waals surface area contributed by atoms with Crippen molar-refractivity contribution in [2.45, 2.75) is 25.4 Å². The van der Waals surface area contributed by atoms with Gasteiger partial charge >= 0.3 is 5.97 Å². The molecule has 4 nitrogen and oxygen atoms in total. The Bertz CT molecular complexity index is 379. The zero-order valence-electron chi connectivity index (χ0n) is 10.6. The number of hydrogen-bond acceptors (Lipinski definition) is 4. The topological polar surface area (TPSA) is 44.8 Å². The highest BCUT2D eigenvalue weighted by atomic mass is 16.6. The van der Waals surface area contributed by atoms with E-state index in [-0.39, 0.29) is 12.1 Å². The van der Waals surface area contributed by atoms with Crippen molar-refractivity contribution in [1.29, 1.82) is 0 Å². The highest BCUT2D eigenvalue weighted by Crippen LogP contribution is 2.15. The molecule has 2 rings (SSSR count). The normalized spacial score (nSPS) is 19.3. The molecule has 4 heteroatoms. The van der Waals surface area contributed by atoms with Gasteiger partial charge in [-0.15, -0.1) is 0 Å². The largest absolute Gasteiger partial charge is 0.497 e. The van der Waals surface area contributed by atoms with Gasteiger partial charge in [0.15, 0.2) is 0 Å². The van der Waals surface area contributed by atoms with E-state index in [0.29, 0.717) is 12.2 Å². The number of esters is 1. The molecule has 1 aromatic carbocycles. The zero-order chi connectivity index (χ0) is 12.8. The summed E-state index contributed by atoms with van der Waals surface area (Å²) in [6, 6.07) is 6.88. The summed E-state index contributed by atoms with van der Waals surface area (Å²) in [5.41, 5.74) is 0.534. The van der Waals surface area contributed by atoms with E-state index < -0.39 is 0 Å². The number of ether oxygens (including phenoxy) is 3. The van der Waals surface area contributed by atoms with Crippen LogP contribution in [0, 0.1) is 0 Å². The van der Waals surface area contributed by atoms with Crippen LogP contribution in [0.25, 0.3) is 0 Å². The van der Waals surface area contributed by atoms with Crippen molar-refractivity contribution in [3.63, 3.8) is 0 Å². The Morgan fingerprint density at radius 2 is 2.11 bits per heavy atom. The molecule has 0 spiro atoms. The van der Waals surface area contributed by atoms with Gasteiger partial charge in [-0.1, -0.05) is 0 Å². The minimum atomic E-state index is -0.313. The lowest BCUT2D eigenvalue weighted by Gasteiger charge is -2.22. The molecule has 0 bridgehead atoms. The molecule has 1 unspecified atom stereocenters. The second-order valence-corrected chi connectivity index (χ2v) is 4.32. The molecular weight excluding hydrogens is 232 g/mol. The van der Waals surface area contributed by atoms with Crippen LogP contribution in [0.3, 0.4) is 0 Å². The highest BCUT2D eigenvalue weighted by molar-refractivity contribution is 5.89. The number of benzene rings is 1. The van der Waals surface area contributed by atoms with Crippen molar-refractivity contribution in [2.75, 3.05) is 20.3 Å². The first-order valence-corrected chi connectivity index (χ1v) is 6.22. The monoisotopic (exact) mass is 250 g/mol. The third-order valence-corrected chi connectivity index (χ3v) is 3.00. The molecule has 1 heterocycles. The van der Waals surface area contributed by atoms with Gasteiger partial charge in [-0.2, -0.15) is 0 Å². The standard InChI is InChI=1S/C14H18O4/c1-16-12-7-5-11(6-8-12)14(15)18-10-13-4-2-3-9-17-13/h5-8,13H,2-4,9-10H2,1H3. The summed E-state index contributed by atoms with van der Waals surface area (Å²) >= 11 is 0. The van der Waals surface area contributed by atoms with Crippen molar-refractivity contribution in [1.82, 2.24) is 0 Å². The molecule has 0 radical (unpaired) electrons. The van der Waals surface area contributed by atoms with E-state index in [2.05, 4.69) is 0 Å². The van der Waals surface area contributed by atoms with Crippen LogP contribution in [0.2, 0.25) is 0 Å². The Kier molecular flexibility index (Phi) is 4.59. The Morgan fingerprint density at radius 1 is 1.33 bits per heavy atom. The summed E-state index contributed by atoms with van der Waals surface area (Å²) in [5.74, 6) is 0.411. The minimum Gasteiger partial charge on any atom is -0.497 e. The average molecular weight is 250 g/mol.